The van der Waals surface area contributed by atoms with Crippen molar-refractivity contribution >= 4 is 28.0 Å². The average Bonchev–Trinajstić information content (AvgIpc) is 2.99. The first-order chi connectivity index (χ1) is 20.6. The zero-order chi connectivity index (χ0) is 30.9. The van der Waals surface area contributed by atoms with Crippen molar-refractivity contribution in [2.45, 2.75) is 55.7 Å². The summed E-state index contributed by atoms with van der Waals surface area (Å²) in [4.78, 5) is 5.17. The Labute approximate surface area is 260 Å². The van der Waals surface area contributed by atoms with Gasteiger partial charge in [-0.1, -0.05) is 125 Å². The number of sulfone groups is 1. The van der Waals surface area contributed by atoms with Crippen molar-refractivity contribution in [3.05, 3.63) is 138 Å². The Balaban J connectivity index is 1.78. The molecule has 0 aliphatic heterocycles. The Kier molecular flexibility index (Phi) is 11.2. The maximum absolute atomic E-state index is 17.6. The minimum absolute atomic E-state index is 0.152. The van der Waals surface area contributed by atoms with Crippen LogP contribution in [0.15, 0.2) is 120 Å². The van der Waals surface area contributed by atoms with Crippen LogP contribution >= 0.6 is 12.0 Å². The Morgan fingerprint density at radius 2 is 1.26 bits per heavy atom. The van der Waals surface area contributed by atoms with Crippen LogP contribution in [0, 0.1) is 11.8 Å². The van der Waals surface area contributed by atoms with E-state index in [1.165, 1.54) is 17.7 Å². The Bertz CT molecular complexity index is 1550. The summed E-state index contributed by atoms with van der Waals surface area (Å²) in [5.41, 5.74) is 3.63. The second-order valence-corrected chi connectivity index (χ2v) is 14.7. The molecule has 0 spiro atoms. The van der Waals surface area contributed by atoms with Crippen molar-refractivity contribution in [2.24, 2.45) is 11.8 Å². The Morgan fingerprint density at radius 1 is 0.744 bits per heavy atom. The summed E-state index contributed by atoms with van der Waals surface area (Å²) in [5.74, 6) is 0.0412. The molecule has 0 radical (unpaired) electrons. The van der Waals surface area contributed by atoms with Gasteiger partial charge in [0.2, 0.25) is 9.84 Å². The highest BCUT2D eigenvalue weighted by Crippen LogP contribution is 2.49. The summed E-state index contributed by atoms with van der Waals surface area (Å²) in [6, 6.07) is 31.6. The standard InChI is InChI=1S/C36H39FO4S2/c1-27(2)25-30-17-15-29(16-18-30)21-24-35(32-22-19-31(20-23-32)26-28(3)4)36(37,42-41-40-33-11-7-5-8-12-33)43(38,39)34-13-9-6-10-14-34/h5-24,27-28,35H,25-26H2,1-4H3. The second kappa shape index (κ2) is 14.9. The molecule has 0 bridgehead atoms. The van der Waals surface area contributed by atoms with Crippen LogP contribution in [0.4, 0.5) is 4.39 Å². The third-order valence-corrected chi connectivity index (χ3v) is 10.3. The fraction of sp³-hybridized carbons (Fsp3) is 0.278. The van der Waals surface area contributed by atoms with Crippen LogP contribution < -0.4 is 4.89 Å². The Morgan fingerprint density at radius 3 is 1.79 bits per heavy atom. The lowest BCUT2D eigenvalue weighted by molar-refractivity contribution is -0.0807. The first kappa shape index (κ1) is 32.5. The molecule has 0 amide bonds. The van der Waals surface area contributed by atoms with Crippen LogP contribution in [0.2, 0.25) is 0 Å². The van der Waals surface area contributed by atoms with Gasteiger partial charge in [-0.15, -0.1) is 4.33 Å². The summed E-state index contributed by atoms with van der Waals surface area (Å²) in [7, 11) is -4.62. The molecular weight excluding hydrogens is 580 g/mol. The lowest BCUT2D eigenvalue weighted by Gasteiger charge is -2.30. The Hall–Kier alpha value is -3.39. The van der Waals surface area contributed by atoms with Crippen molar-refractivity contribution < 1.29 is 22.0 Å². The fourth-order valence-corrected chi connectivity index (χ4v) is 7.44. The quantitative estimate of drug-likeness (QED) is 0.0800. The summed E-state index contributed by atoms with van der Waals surface area (Å²) in [6.07, 6.45) is 5.18. The van der Waals surface area contributed by atoms with Gasteiger partial charge in [-0.3, -0.25) is 0 Å². The van der Waals surface area contributed by atoms with Crippen LogP contribution in [0.3, 0.4) is 0 Å². The molecular formula is C36H39FO4S2. The van der Waals surface area contributed by atoms with E-state index in [1.54, 1.807) is 72.8 Å². The lowest BCUT2D eigenvalue weighted by atomic mass is 9.95. The van der Waals surface area contributed by atoms with Crippen LogP contribution in [0.25, 0.3) is 6.08 Å². The van der Waals surface area contributed by atoms with Crippen molar-refractivity contribution in [3.63, 3.8) is 0 Å². The van der Waals surface area contributed by atoms with Crippen LogP contribution in [0.1, 0.15) is 55.9 Å². The molecule has 4 aromatic carbocycles. The highest BCUT2D eigenvalue weighted by Gasteiger charge is 2.54. The van der Waals surface area contributed by atoms with Gasteiger partial charge >= 0.3 is 0 Å². The van der Waals surface area contributed by atoms with E-state index in [9.17, 15) is 8.42 Å². The SMILES string of the molecule is CC(C)Cc1ccc(C=CC(c2ccc(CC(C)C)cc2)C(F)(SOOc2ccccc2)S(=O)(=O)c2ccccc2)cc1. The van der Waals surface area contributed by atoms with Gasteiger partial charge in [0, 0.05) is 0 Å². The number of rotatable bonds is 14. The predicted molar refractivity (Wildman–Crippen MR) is 175 cm³/mol. The molecule has 2 unspecified atom stereocenters. The van der Waals surface area contributed by atoms with Crippen molar-refractivity contribution in [1.82, 2.24) is 0 Å². The highest BCUT2D eigenvalue weighted by molar-refractivity contribution is 8.12. The van der Waals surface area contributed by atoms with E-state index >= 15 is 4.39 Å². The molecule has 0 saturated heterocycles. The van der Waals surface area contributed by atoms with Crippen molar-refractivity contribution in [3.8, 4) is 5.75 Å². The molecule has 0 N–H and O–H groups in total. The number of hydrogen-bond acceptors (Lipinski definition) is 5. The van der Waals surface area contributed by atoms with Crippen molar-refractivity contribution in [1.29, 1.82) is 0 Å². The first-order valence-electron chi connectivity index (χ1n) is 14.5. The lowest BCUT2D eigenvalue weighted by Crippen LogP contribution is -2.37. The summed E-state index contributed by atoms with van der Waals surface area (Å²) < 4.78 is 48.2. The van der Waals surface area contributed by atoms with E-state index in [2.05, 4.69) is 27.7 Å². The number of para-hydroxylation sites is 1. The molecule has 4 rings (SSSR count). The maximum Gasteiger partial charge on any atom is 0.298 e. The van der Waals surface area contributed by atoms with Crippen LogP contribution in [-0.2, 0) is 27.0 Å². The smallest absolute Gasteiger partial charge is 0.298 e. The third kappa shape index (κ3) is 8.59. The minimum atomic E-state index is -4.62. The minimum Gasteiger partial charge on any atom is -0.325 e. The number of allylic oxidation sites excluding steroid dienone is 1. The normalized spacial score (nSPS) is 14.2. The largest absolute Gasteiger partial charge is 0.325 e. The molecule has 0 fully saturated rings. The molecule has 4 aromatic rings. The predicted octanol–water partition coefficient (Wildman–Crippen LogP) is 9.64. The topological polar surface area (TPSA) is 52.6 Å². The third-order valence-electron chi connectivity index (χ3n) is 6.90. The molecule has 4 nitrogen and oxygen atoms in total. The monoisotopic (exact) mass is 618 g/mol. The van der Waals surface area contributed by atoms with Crippen LogP contribution in [-0.4, -0.2) is 12.8 Å². The van der Waals surface area contributed by atoms with Crippen LogP contribution in [0.5, 0.6) is 5.75 Å². The number of hydrogen-bond donors (Lipinski definition) is 0. The zero-order valence-electron chi connectivity index (χ0n) is 25.0. The van der Waals surface area contributed by atoms with E-state index in [-0.39, 0.29) is 16.9 Å². The maximum atomic E-state index is 17.6. The summed E-state index contributed by atoms with van der Waals surface area (Å²) in [5, 5.41) is 0. The van der Waals surface area contributed by atoms with Gasteiger partial charge in [0.05, 0.1) is 10.8 Å². The number of halogens is 1. The van der Waals surface area contributed by atoms with E-state index < -0.39 is 20.1 Å². The number of benzene rings is 4. The van der Waals surface area contributed by atoms with Gasteiger partial charge in [0.15, 0.2) is 5.75 Å². The molecule has 2 atom stereocenters. The van der Waals surface area contributed by atoms with E-state index in [0.717, 1.165) is 24.0 Å². The average molecular weight is 619 g/mol. The number of alkyl halides is 1. The molecule has 0 heterocycles. The van der Waals surface area contributed by atoms with Gasteiger partial charge in [-0.05, 0) is 71.2 Å². The molecule has 0 aliphatic carbocycles. The van der Waals surface area contributed by atoms with Gasteiger partial charge in [-0.25, -0.2) is 12.8 Å². The molecule has 0 saturated carbocycles. The van der Waals surface area contributed by atoms with E-state index in [0.29, 0.717) is 23.1 Å². The van der Waals surface area contributed by atoms with Gasteiger partial charge in [0.1, 0.15) is 12.0 Å². The molecule has 43 heavy (non-hydrogen) atoms. The van der Waals surface area contributed by atoms with E-state index in [4.69, 9.17) is 9.22 Å². The van der Waals surface area contributed by atoms with E-state index in [1.807, 2.05) is 36.4 Å². The summed E-state index contributed by atoms with van der Waals surface area (Å²) >= 11 is 0.155. The molecule has 0 aliphatic rings. The molecule has 226 valence electrons. The van der Waals surface area contributed by atoms with Gasteiger partial charge in [-0.2, -0.15) is 0 Å². The first-order valence-corrected chi connectivity index (χ1v) is 16.7. The molecule has 0 aromatic heterocycles. The van der Waals surface area contributed by atoms with Crippen molar-refractivity contribution in [2.75, 3.05) is 0 Å². The fourth-order valence-electron chi connectivity index (χ4n) is 4.80. The highest BCUT2D eigenvalue weighted by atomic mass is 32.3. The van der Waals surface area contributed by atoms with Gasteiger partial charge in [0.25, 0.3) is 4.33 Å². The summed E-state index contributed by atoms with van der Waals surface area (Å²) in [6.45, 7) is 8.59. The molecule has 7 heteroatoms. The zero-order valence-corrected chi connectivity index (χ0v) is 26.7. The second-order valence-electron chi connectivity index (χ2n) is 11.5. The van der Waals surface area contributed by atoms with Gasteiger partial charge < -0.3 is 4.89 Å².